The number of pyridine rings is 1. The number of anilines is 1. The zero-order valence-corrected chi connectivity index (χ0v) is 10.8. The monoisotopic (exact) mass is 292 g/mol. The average Bonchev–Trinajstić information content (AvgIpc) is 2.40. The van der Waals surface area contributed by atoms with E-state index < -0.39 is 17.4 Å². The second-order valence-electron chi connectivity index (χ2n) is 3.86. The van der Waals surface area contributed by atoms with Crippen LogP contribution in [0.3, 0.4) is 0 Å². The number of carboxylic acid groups (broad SMARTS) is 1. The number of carboxylic acids is 1. The Morgan fingerprint density at radius 2 is 2.00 bits per heavy atom. The van der Waals surface area contributed by atoms with Crippen molar-refractivity contribution < 1.29 is 14.7 Å². The summed E-state index contributed by atoms with van der Waals surface area (Å²) in [6.07, 6.45) is 1.32. The van der Waals surface area contributed by atoms with Gasteiger partial charge in [0.2, 0.25) is 5.56 Å². The molecule has 0 aliphatic heterocycles. The van der Waals surface area contributed by atoms with Crippen LogP contribution in [0.2, 0.25) is 5.02 Å². The van der Waals surface area contributed by atoms with Crippen molar-refractivity contribution in [3.63, 3.8) is 0 Å². The van der Waals surface area contributed by atoms with Gasteiger partial charge in [0.15, 0.2) is 0 Å². The third-order valence-corrected chi connectivity index (χ3v) is 2.83. The molecule has 0 atom stereocenters. The highest BCUT2D eigenvalue weighted by atomic mass is 35.5. The van der Waals surface area contributed by atoms with E-state index in [1.807, 2.05) is 0 Å². The molecule has 0 spiro atoms. The van der Waals surface area contributed by atoms with Crippen molar-refractivity contribution in [3.8, 4) is 0 Å². The SMILES string of the molecule is O=C(Nc1c(Cl)cccc1C(=O)O)c1cc[nH]c(=O)c1. The van der Waals surface area contributed by atoms with Gasteiger partial charge in [0.05, 0.1) is 16.3 Å². The summed E-state index contributed by atoms with van der Waals surface area (Å²) in [5.74, 6) is -1.83. The topological polar surface area (TPSA) is 99.3 Å². The van der Waals surface area contributed by atoms with Crippen LogP contribution in [0.4, 0.5) is 5.69 Å². The highest BCUT2D eigenvalue weighted by molar-refractivity contribution is 6.34. The van der Waals surface area contributed by atoms with Crippen LogP contribution in [0, 0.1) is 0 Å². The van der Waals surface area contributed by atoms with Crippen molar-refractivity contribution in [1.29, 1.82) is 0 Å². The van der Waals surface area contributed by atoms with Crippen LogP contribution in [0.5, 0.6) is 0 Å². The van der Waals surface area contributed by atoms with Gasteiger partial charge in [-0.3, -0.25) is 9.59 Å². The molecule has 1 amide bonds. The van der Waals surface area contributed by atoms with E-state index in [0.717, 1.165) is 6.07 Å². The van der Waals surface area contributed by atoms with E-state index in [9.17, 15) is 14.4 Å². The van der Waals surface area contributed by atoms with Crippen LogP contribution in [-0.4, -0.2) is 22.0 Å². The summed E-state index contributed by atoms with van der Waals surface area (Å²) in [7, 11) is 0. The van der Waals surface area contributed by atoms with Crippen LogP contribution >= 0.6 is 11.6 Å². The highest BCUT2D eigenvalue weighted by Gasteiger charge is 2.16. The molecule has 102 valence electrons. The third kappa shape index (κ3) is 2.86. The lowest BCUT2D eigenvalue weighted by Crippen LogP contribution is -2.17. The van der Waals surface area contributed by atoms with Gasteiger partial charge in [0, 0.05) is 17.8 Å². The number of aromatic amines is 1. The van der Waals surface area contributed by atoms with Crippen molar-refractivity contribution in [2.24, 2.45) is 0 Å². The minimum Gasteiger partial charge on any atom is -0.478 e. The number of carbonyl (C=O) groups excluding carboxylic acids is 1. The number of halogens is 1. The summed E-state index contributed by atoms with van der Waals surface area (Å²) in [4.78, 5) is 36.6. The van der Waals surface area contributed by atoms with Gasteiger partial charge in [-0.25, -0.2) is 4.79 Å². The second kappa shape index (κ2) is 5.58. The number of carbonyl (C=O) groups is 2. The van der Waals surface area contributed by atoms with Gasteiger partial charge in [-0.1, -0.05) is 17.7 Å². The normalized spacial score (nSPS) is 10.1. The molecule has 0 radical (unpaired) electrons. The quantitative estimate of drug-likeness (QED) is 0.805. The van der Waals surface area contributed by atoms with E-state index >= 15 is 0 Å². The Hall–Kier alpha value is -2.60. The number of para-hydroxylation sites is 1. The standard InChI is InChI=1S/C13H9ClN2O4/c14-9-3-1-2-8(13(19)20)11(9)16-12(18)7-4-5-15-10(17)6-7/h1-6H,(H,15,17)(H,16,18)(H,19,20). The van der Waals surface area contributed by atoms with Crippen molar-refractivity contribution in [2.45, 2.75) is 0 Å². The molecule has 1 aromatic carbocycles. The number of rotatable bonds is 3. The zero-order valence-electron chi connectivity index (χ0n) is 10.0. The van der Waals surface area contributed by atoms with Crippen molar-refractivity contribution in [1.82, 2.24) is 4.98 Å². The van der Waals surface area contributed by atoms with Gasteiger partial charge in [-0.15, -0.1) is 0 Å². The summed E-state index contributed by atoms with van der Waals surface area (Å²) in [5.41, 5.74) is -0.470. The Morgan fingerprint density at radius 1 is 1.25 bits per heavy atom. The molecule has 2 rings (SSSR count). The molecule has 0 aliphatic rings. The number of hydrogen-bond donors (Lipinski definition) is 3. The maximum absolute atomic E-state index is 12.0. The Balaban J connectivity index is 2.37. The van der Waals surface area contributed by atoms with Crippen molar-refractivity contribution >= 4 is 29.2 Å². The molecule has 0 saturated heterocycles. The minimum absolute atomic E-state index is 0.00746. The smallest absolute Gasteiger partial charge is 0.337 e. The Kier molecular flexibility index (Phi) is 3.86. The number of H-pyrrole nitrogens is 1. The van der Waals surface area contributed by atoms with Gasteiger partial charge in [0.25, 0.3) is 5.91 Å². The molecule has 0 aliphatic carbocycles. The van der Waals surface area contributed by atoms with Gasteiger partial charge < -0.3 is 15.4 Å². The zero-order chi connectivity index (χ0) is 14.7. The van der Waals surface area contributed by atoms with Crippen molar-refractivity contribution in [3.05, 3.63) is 63.0 Å². The Morgan fingerprint density at radius 3 is 2.65 bits per heavy atom. The fourth-order valence-corrected chi connectivity index (χ4v) is 1.82. The number of aromatic nitrogens is 1. The molecule has 0 fully saturated rings. The molecule has 0 unspecified atom stereocenters. The number of aromatic carboxylic acids is 1. The first kappa shape index (κ1) is 13.8. The van der Waals surface area contributed by atoms with Crippen LogP contribution in [0.25, 0.3) is 0 Å². The van der Waals surface area contributed by atoms with Crippen LogP contribution in [-0.2, 0) is 0 Å². The minimum atomic E-state index is -1.21. The molecule has 3 N–H and O–H groups in total. The summed E-state index contributed by atoms with van der Waals surface area (Å²) in [6.45, 7) is 0. The molecule has 0 saturated carbocycles. The summed E-state index contributed by atoms with van der Waals surface area (Å²) >= 11 is 5.89. The highest BCUT2D eigenvalue weighted by Crippen LogP contribution is 2.26. The first-order valence-corrected chi connectivity index (χ1v) is 5.88. The van der Waals surface area contributed by atoms with Gasteiger partial charge in [-0.05, 0) is 18.2 Å². The first-order valence-electron chi connectivity index (χ1n) is 5.51. The van der Waals surface area contributed by atoms with Gasteiger partial charge >= 0.3 is 5.97 Å². The molecule has 2 aromatic rings. The van der Waals surface area contributed by atoms with Gasteiger partial charge in [-0.2, -0.15) is 0 Å². The molecule has 1 aromatic heterocycles. The Bertz CT molecular complexity index is 739. The third-order valence-electron chi connectivity index (χ3n) is 2.52. The molecular weight excluding hydrogens is 284 g/mol. The lowest BCUT2D eigenvalue weighted by Gasteiger charge is -2.10. The molecule has 0 bridgehead atoms. The van der Waals surface area contributed by atoms with E-state index in [1.165, 1.54) is 30.5 Å². The van der Waals surface area contributed by atoms with Crippen molar-refractivity contribution in [2.75, 3.05) is 5.32 Å². The van der Waals surface area contributed by atoms with E-state index in [1.54, 1.807) is 0 Å². The number of benzene rings is 1. The fourth-order valence-electron chi connectivity index (χ4n) is 1.60. The molecule has 7 heteroatoms. The molecular formula is C13H9ClN2O4. The molecule has 6 nitrogen and oxygen atoms in total. The van der Waals surface area contributed by atoms with E-state index in [2.05, 4.69) is 10.3 Å². The fraction of sp³-hybridized carbons (Fsp3) is 0. The number of amides is 1. The largest absolute Gasteiger partial charge is 0.478 e. The number of nitrogens with one attached hydrogen (secondary N) is 2. The van der Waals surface area contributed by atoms with E-state index in [4.69, 9.17) is 16.7 Å². The second-order valence-corrected chi connectivity index (χ2v) is 4.27. The van der Waals surface area contributed by atoms with E-state index in [-0.39, 0.29) is 21.8 Å². The maximum Gasteiger partial charge on any atom is 0.337 e. The van der Waals surface area contributed by atoms with Gasteiger partial charge in [0.1, 0.15) is 0 Å². The van der Waals surface area contributed by atoms with Crippen LogP contribution in [0.1, 0.15) is 20.7 Å². The Labute approximate surface area is 118 Å². The lowest BCUT2D eigenvalue weighted by atomic mass is 10.1. The van der Waals surface area contributed by atoms with E-state index in [0.29, 0.717) is 0 Å². The molecule has 1 heterocycles. The predicted octanol–water partition coefficient (Wildman–Crippen LogP) is 1.98. The predicted molar refractivity (Wildman–Crippen MR) is 73.4 cm³/mol. The first-order chi connectivity index (χ1) is 9.49. The summed E-state index contributed by atoms with van der Waals surface area (Å²) < 4.78 is 0. The average molecular weight is 293 g/mol. The lowest BCUT2D eigenvalue weighted by molar-refractivity contribution is 0.0698. The van der Waals surface area contributed by atoms with Crippen LogP contribution < -0.4 is 10.9 Å². The summed E-state index contributed by atoms with van der Waals surface area (Å²) in [6, 6.07) is 6.75. The molecule has 20 heavy (non-hydrogen) atoms. The maximum atomic E-state index is 12.0. The summed E-state index contributed by atoms with van der Waals surface area (Å²) in [5, 5.41) is 11.6. The number of hydrogen-bond acceptors (Lipinski definition) is 3. The van der Waals surface area contributed by atoms with Crippen LogP contribution in [0.15, 0.2) is 41.3 Å².